The Morgan fingerprint density at radius 1 is 0.964 bits per heavy atom. The average Bonchev–Trinajstić information content (AvgIpc) is 2.63. The number of carbonyl (C=O) groups is 1. The molecule has 28 heavy (non-hydrogen) atoms. The molecule has 2 aromatic rings. The van der Waals surface area contributed by atoms with Gasteiger partial charge in [0.15, 0.2) is 6.10 Å². The second kappa shape index (κ2) is 9.45. The molecule has 2 rings (SSSR count). The SMILES string of the molecule is CCOc1ccc(NS(=O)(=O)c2ccc(O[C@H](C)C(=O)NC(C)C)cc2)cc1. The van der Waals surface area contributed by atoms with Gasteiger partial charge in [-0.3, -0.25) is 9.52 Å². The van der Waals surface area contributed by atoms with Crippen molar-refractivity contribution in [2.75, 3.05) is 11.3 Å². The molecule has 0 aliphatic carbocycles. The van der Waals surface area contributed by atoms with Gasteiger partial charge in [-0.1, -0.05) is 0 Å². The van der Waals surface area contributed by atoms with Crippen molar-refractivity contribution in [3.8, 4) is 11.5 Å². The lowest BCUT2D eigenvalue weighted by atomic mass is 10.3. The number of hydrogen-bond acceptors (Lipinski definition) is 5. The Labute approximate surface area is 166 Å². The van der Waals surface area contributed by atoms with E-state index >= 15 is 0 Å². The fourth-order valence-electron chi connectivity index (χ4n) is 2.36. The van der Waals surface area contributed by atoms with Gasteiger partial charge < -0.3 is 14.8 Å². The molecule has 152 valence electrons. The van der Waals surface area contributed by atoms with E-state index in [0.29, 0.717) is 23.8 Å². The van der Waals surface area contributed by atoms with Gasteiger partial charge in [-0.25, -0.2) is 8.42 Å². The minimum absolute atomic E-state index is 0.0137. The molecule has 0 aromatic heterocycles. The highest BCUT2D eigenvalue weighted by molar-refractivity contribution is 7.92. The van der Waals surface area contributed by atoms with E-state index in [-0.39, 0.29) is 16.8 Å². The van der Waals surface area contributed by atoms with Crippen molar-refractivity contribution in [2.45, 2.75) is 44.7 Å². The molecule has 0 fully saturated rings. The smallest absolute Gasteiger partial charge is 0.261 e. The normalized spacial score (nSPS) is 12.3. The van der Waals surface area contributed by atoms with Gasteiger partial charge in [0.25, 0.3) is 15.9 Å². The summed E-state index contributed by atoms with van der Waals surface area (Å²) in [5, 5.41) is 2.76. The van der Waals surface area contributed by atoms with E-state index in [1.165, 1.54) is 24.3 Å². The number of sulfonamides is 1. The van der Waals surface area contributed by atoms with Crippen molar-refractivity contribution >= 4 is 21.6 Å². The van der Waals surface area contributed by atoms with E-state index in [1.807, 2.05) is 20.8 Å². The number of ether oxygens (including phenoxy) is 2. The molecule has 0 spiro atoms. The summed E-state index contributed by atoms with van der Waals surface area (Å²) in [6.45, 7) is 7.78. The molecule has 0 unspecified atom stereocenters. The van der Waals surface area contributed by atoms with Gasteiger partial charge in [0.2, 0.25) is 0 Å². The molecule has 0 aliphatic rings. The molecule has 0 saturated heterocycles. The Balaban J connectivity index is 2.03. The molecule has 0 heterocycles. The van der Waals surface area contributed by atoms with Crippen LogP contribution in [0.5, 0.6) is 11.5 Å². The standard InChI is InChI=1S/C20H26N2O5S/c1-5-26-17-8-6-16(7-9-17)22-28(24,25)19-12-10-18(11-13-19)27-15(4)20(23)21-14(2)3/h6-15,22H,5H2,1-4H3,(H,21,23)/t15-/m1/s1. The number of carbonyl (C=O) groups excluding carboxylic acids is 1. The third kappa shape index (κ3) is 6.16. The first kappa shape index (κ1) is 21.6. The van der Waals surface area contributed by atoms with Crippen LogP contribution in [0.1, 0.15) is 27.7 Å². The van der Waals surface area contributed by atoms with Crippen LogP contribution in [-0.4, -0.2) is 33.1 Å². The highest BCUT2D eigenvalue weighted by Crippen LogP contribution is 2.22. The third-order valence-corrected chi connectivity index (χ3v) is 5.06. The first-order chi connectivity index (χ1) is 13.2. The summed E-state index contributed by atoms with van der Waals surface area (Å²) >= 11 is 0. The van der Waals surface area contributed by atoms with Crippen molar-refractivity contribution in [3.63, 3.8) is 0 Å². The number of anilines is 1. The van der Waals surface area contributed by atoms with Gasteiger partial charge in [-0.05, 0) is 76.2 Å². The topological polar surface area (TPSA) is 93.7 Å². The summed E-state index contributed by atoms with van der Waals surface area (Å²) in [6.07, 6.45) is -0.688. The molecule has 2 N–H and O–H groups in total. The van der Waals surface area contributed by atoms with Crippen molar-refractivity contribution < 1.29 is 22.7 Å². The number of rotatable bonds is 9. The predicted octanol–water partition coefficient (Wildman–Crippen LogP) is 3.18. The van der Waals surface area contributed by atoms with Crippen molar-refractivity contribution in [1.82, 2.24) is 5.32 Å². The maximum absolute atomic E-state index is 12.5. The molecule has 8 heteroatoms. The van der Waals surface area contributed by atoms with Gasteiger partial charge in [0.05, 0.1) is 11.5 Å². The molecule has 1 amide bonds. The lowest BCUT2D eigenvalue weighted by molar-refractivity contribution is -0.127. The second-order valence-corrected chi connectivity index (χ2v) is 8.14. The molecule has 2 aromatic carbocycles. The Morgan fingerprint density at radius 3 is 2.07 bits per heavy atom. The lowest BCUT2D eigenvalue weighted by Gasteiger charge is -2.16. The average molecular weight is 407 g/mol. The first-order valence-electron chi connectivity index (χ1n) is 9.04. The van der Waals surface area contributed by atoms with Crippen LogP contribution < -0.4 is 19.5 Å². The molecule has 0 bridgehead atoms. The molecule has 1 atom stereocenters. The summed E-state index contributed by atoms with van der Waals surface area (Å²) in [7, 11) is -3.74. The second-order valence-electron chi connectivity index (χ2n) is 6.46. The number of nitrogens with one attached hydrogen (secondary N) is 2. The number of amides is 1. The fraction of sp³-hybridized carbons (Fsp3) is 0.350. The zero-order chi connectivity index (χ0) is 20.7. The molecule has 0 aliphatic heterocycles. The predicted molar refractivity (Wildman–Crippen MR) is 108 cm³/mol. The van der Waals surface area contributed by atoms with Gasteiger partial charge >= 0.3 is 0 Å². The van der Waals surface area contributed by atoms with Crippen LogP contribution in [0, 0.1) is 0 Å². The summed E-state index contributed by atoms with van der Waals surface area (Å²) < 4.78 is 38.5. The monoisotopic (exact) mass is 406 g/mol. The summed E-state index contributed by atoms with van der Waals surface area (Å²) in [5.41, 5.74) is 0.433. The molecular weight excluding hydrogens is 380 g/mol. The van der Waals surface area contributed by atoms with Crippen molar-refractivity contribution in [3.05, 3.63) is 48.5 Å². The van der Waals surface area contributed by atoms with E-state index < -0.39 is 16.1 Å². The van der Waals surface area contributed by atoms with Crippen LogP contribution in [0.4, 0.5) is 5.69 Å². The van der Waals surface area contributed by atoms with Gasteiger partial charge in [-0.15, -0.1) is 0 Å². The Kier molecular flexibility index (Phi) is 7.28. The van der Waals surface area contributed by atoms with E-state index in [0.717, 1.165) is 0 Å². The van der Waals surface area contributed by atoms with Crippen LogP contribution in [0.3, 0.4) is 0 Å². The van der Waals surface area contributed by atoms with Crippen molar-refractivity contribution in [1.29, 1.82) is 0 Å². The van der Waals surface area contributed by atoms with Crippen LogP contribution in [0.15, 0.2) is 53.4 Å². The third-order valence-electron chi connectivity index (χ3n) is 3.66. The number of benzene rings is 2. The highest BCUT2D eigenvalue weighted by Gasteiger charge is 2.17. The van der Waals surface area contributed by atoms with E-state index in [9.17, 15) is 13.2 Å². The molecular formula is C20H26N2O5S. The van der Waals surface area contributed by atoms with E-state index in [1.54, 1.807) is 31.2 Å². The largest absolute Gasteiger partial charge is 0.494 e. The van der Waals surface area contributed by atoms with Gasteiger partial charge in [-0.2, -0.15) is 0 Å². The Hall–Kier alpha value is -2.74. The quantitative estimate of drug-likeness (QED) is 0.667. The zero-order valence-corrected chi connectivity index (χ0v) is 17.2. The first-order valence-corrected chi connectivity index (χ1v) is 10.5. The van der Waals surface area contributed by atoms with E-state index in [2.05, 4.69) is 10.0 Å². The highest BCUT2D eigenvalue weighted by atomic mass is 32.2. The Bertz CT molecular complexity index is 878. The van der Waals surface area contributed by atoms with Crippen molar-refractivity contribution in [2.24, 2.45) is 0 Å². The molecule has 0 radical (unpaired) electrons. The van der Waals surface area contributed by atoms with Crippen LogP contribution in [0.25, 0.3) is 0 Å². The van der Waals surface area contributed by atoms with Crippen LogP contribution >= 0.6 is 0 Å². The van der Waals surface area contributed by atoms with E-state index in [4.69, 9.17) is 9.47 Å². The molecule has 7 nitrogen and oxygen atoms in total. The van der Waals surface area contributed by atoms with Crippen LogP contribution in [0.2, 0.25) is 0 Å². The molecule has 0 saturated carbocycles. The lowest BCUT2D eigenvalue weighted by Crippen LogP contribution is -2.40. The summed E-state index contributed by atoms with van der Waals surface area (Å²) in [5.74, 6) is 0.845. The minimum Gasteiger partial charge on any atom is -0.494 e. The Morgan fingerprint density at radius 2 is 1.54 bits per heavy atom. The summed E-state index contributed by atoms with van der Waals surface area (Å²) in [6, 6.07) is 12.6. The fourth-order valence-corrected chi connectivity index (χ4v) is 3.42. The minimum atomic E-state index is -3.74. The summed E-state index contributed by atoms with van der Waals surface area (Å²) in [4.78, 5) is 12.0. The van der Waals surface area contributed by atoms with Crippen LogP contribution in [-0.2, 0) is 14.8 Å². The van der Waals surface area contributed by atoms with Gasteiger partial charge in [0, 0.05) is 11.7 Å². The number of hydrogen-bond donors (Lipinski definition) is 2. The van der Waals surface area contributed by atoms with Gasteiger partial charge in [0.1, 0.15) is 11.5 Å². The zero-order valence-electron chi connectivity index (χ0n) is 16.4. The maximum Gasteiger partial charge on any atom is 0.261 e. The maximum atomic E-state index is 12.5.